The van der Waals surface area contributed by atoms with E-state index in [1.54, 1.807) is 6.07 Å². The van der Waals surface area contributed by atoms with Crippen LogP contribution in [0.1, 0.15) is 26.6 Å². The molecular formula is C15H20ClFN2O2. The van der Waals surface area contributed by atoms with Crippen LogP contribution in [0.3, 0.4) is 0 Å². The van der Waals surface area contributed by atoms with E-state index < -0.39 is 5.82 Å². The molecule has 0 saturated heterocycles. The predicted octanol–water partition coefficient (Wildman–Crippen LogP) is 3.74. The molecule has 116 valence electrons. The number of aromatic nitrogens is 2. The van der Waals surface area contributed by atoms with Crippen molar-refractivity contribution in [1.82, 2.24) is 9.55 Å². The summed E-state index contributed by atoms with van der Waals surface area (Å²) >= 11 is 5.97. The van der Waals surface area contributed by atoms with Gasteiger partial charge in [0, 0.05) is 18.7 Å². The van der Waals surface area contributed by atoms with Crippen molar-refractivity contribution in [1.29, 1.82) is 0 Å². The molecule has 0 N–H and O–H groups in total. The lowest BCUT2D eigenvalue weighted by Crippen LogP contribution is -2.31. The smallest absolute Gasteiger partial charge is 0.167 e. The second-order valence-electron chi connectivity index (χ2n) is 5.42. The zero-order valence-corrected chi connectivity index (χ0v) is 13.5. The van der Waals surface area contributed by atoms with Gasteiger partial charge in [-0.25, -0.2) is 9.37 Å². The van der Waals surface area contributed by atoms with Gasteiger partial charge in [-0.15, -0.1) is 11.6 Å². The predicted molar refractivity (Wildman–Crippen MR) is 81.5 cm³/mol. The average molecular weight is 315 g/mol. The third-order valence-corrected chi connectivity index (χ3v) is 3.53. The molecule has 0 bridgehead atoms. The van der Waals surface area contributed by atoms with Crippen LogP contribution in [0.5, 0.6) is 5.75 Å². The number of ether oxygens (including phenoxy) is 2. The molecule has 6 heteroatoms. The number of halogens is 2. The number of methoxy groups -OCH3 is 1. The van der Waals surface area contributed by atoms with E-state index in [-0.39, 0.29) is 17.2 Å². The lowest BCUT2D eigenvalue weighted by molar-refractivity contribution is -0.0220. The van der Waals surface area contributed by atoms with Crippen LogP contribution >= 0.6 is 11.6 Å². The fraction of sp³-hybridized carbons (Fsp3) is 0.533. The molecule has 0 unspecified atom stereocenters. The molecule has 2 rings (SSSR count). The number of nitrogens with zero attached hydrogens (tertiary/aromatic N) is 2. The molecule has 0 atom stereocenters. The first-order chi connectivity index (χ1) is 9.91. The van der Waals surface area contributed by atoms with Gasteiger partial charge in [-0.2, -0.15) is 0 Å². The molecule has 0 fully saturated rings. The summed E-state index contributed by atoms with van der Waals surface area (Å²) in [5.74, 6) is 0.701. The summed E-state index contributed by atoms with van der Waals surface area (Å²) in [7, 11) is 1.44. The van der Waals surface area contributed by atoms with Gasteiger partial charge in [-0.1, -0.05) is 0 Å². The third kappa shape index (κ3) is 3.30. The lowest BCUT2D eigenvalue weighted by atomic mass is 10.1. The summed E-state index contributed by atoms with van der Waals surface area (Å²) in [5, 5.41) is 0. The summed E-state index contributed by atoms with van der Waals surface area (Å²) in [4.78, 5) is 4.39. The van der Waals surface area contributed by atoms with Gasteiger partial charge >= 0.3 is 0 Å². The van der Waals surface area contributed by atoms with Gasteiger partial charge in [0.15, 0.2) is 11.6 Å². The highest BCUT2D eigenvalue weighted by Crippen LogP contribution is 2.27. The molecule has 1 heterocycles. The highest BCUT2D eigenvalue weighted by Gasteiger charge is 2.23. The molecule has 1 aromatic carbocycles. The number of hydrogen-bond donors (Lipinski definition) is 0. The number of rotatable bonds is 6. The molecule has 0 aliphatic heterocycles. The minimum atomic E-state index is -0.431. The summed E-state index contributed by atoms with van der Waals surface area (Å²) in [6.07, 6.45) is 0. The van der Waals surface area contributed by atoms with E-state index in [9.17, 15) is 4.39 Å². The van der Waals surface area contributed by atoms with Gasteiger partial charge in [-0.3, -0.25) is 0 Å². The van der Waals surface area contributed by atoms with Crippen LogP contribution < -0.4 is 4.74 Å². The standard InChI is InChI=1S/C15H20ClFN2O2/c1-5-21-15(2,3)9-19-12-7-13(20-4)10(17)6-11(12)18-14(19)8-16/h6-7H,5,8-9H2,1-4H3. The maximum absolute atomic E-state index is 13.8. The molecule has 1 aromatic heterocycles. The molecule has 21 heavy (non-hydrogen) atoms. The minimum Gasteiger partial charge on any atom is -0.494 e. The SMILES string of the molecule is CCOC(C)(C)Cn1c(CCl)nc2cc(F)c(OC)cc21. The molecule has 0 spiro atoms. The van der Waals surface area contributed by atoms with Crippen LogP contribution in [-0.4, -0.2) is 28.9 Å². The van der Waals surface area contributed by atoms with Crippen molar-refractivity contribution >= 4 is 22.6 Å². The van der Waals surface area contributed by atoms with Crippen molar-refractivity contribution in [2.75, 3.05) is 13.7 Å². The number of fused-ring (bicyclic) bond motifs is 1. The molecule has 2 aromatic rings. The maximum atomic E-state index is 13.8. The van der Waals surface area contributed by atoms with E-state index in [0.29, 0.717) is 24.5 Å². The van der Waals surface area contributed by atoms with Crippen molar-refractivity contribution in [3.63, 3.8) is 0 Å². The van der Waals surface area contributed by atoms with E-state index in [1.165, 1.54) is 13.2 Å². The first kappa shape index (κ1) is 16.0. The summed E-state index contributed by atoms with van der Waals surface area (Å²) < 4.78 is 26.5. The molecule has 0 aliphatic carbocycles. The number of hydrogen-bond acceptors (Lipinski definition) is 3. The first-order valence-electron chi connectivity index (χ1n) is 6.84. The molecule has 0 radical (unpaired) electrons. The van der Waals surface area contributed by atoms with E-state index >= 15 is 0 Å². The number of imidazole rings is 1. The third-order valence-electron chi connectivity index (χ3n) is 3.29. The zero-order chi connectivity index (χ0) is 15.6. The zero-order valence-electron chi connectivity index (χ0n) is 12.7. The van der Waals surface area contributed by atoms with Gasteiger partial charge in [0.2, 0.25) is 0 Å². The van der Waals surface area contributed by atoms with Gasteiger partial charge < -0.3 is 14.0 Å². The Balaban J connectivity index is 2.54. The van der Waals surface area contributed by atoms with Crippen molar-refractivity contribution < 1.29 is 13.9 Å². The number of alkyl halides is 1. The van der Waals surface area contributed by atoms with Gasteiger partial charge in [-0.05, 0) is 20.8 Å². The largest absolute Gasteiger partial charge is 0.494 e. The number of benzene rings is 1. The molecule has 0 amide bonds. The fourth-order valence-corrected chi connectivity index (χ4v) is 2.63. The van der Waals surface area contributed by atoms with Crippen LogP contribution in [0.2, 0.25) is 0 Å². The van der Waals surface area contributed by atoms with E-state index in [4.69, 9.17) is 21.1 Å². The first-order valence-corrected chi connectivity index (χ1v) is 7.38. The van der Waals surface area contributed by atoms with Crippen LogP contribution in [-0.2, 0) is 17.2 Å². The monoisotopic (exact) mass is 314 g/mol. The Labute approximate surface area is 128 Å². The van der Waals surface area contributed by atoms with Gasteiger partial charge in [0.25, 0.3) is 0 Å². The summed E-state index contributed by atoms with van der Waals surface area (Å²) in [6.45, 7) is 7.15. The summed E-state index contributed by atoms with van der Waals surface area (Å²) in [6, 6.07) is 3.02. The van der Waals surface area contributed by atoms with E-state index in [1.807, 2.05) is 25.3 Å². The highest BCUT2D eigenvalue weighted by atomic mass is 35.5. The minimum absolute atomic E-state index is 0.194. The van der Waals surface area contributed by atoms with E-state index in [0.717, 1.165) is 5.52 Å². The average Bonchev–Trinajstić information content (AvgIpc) is 2.74. The fourth-order valence-electron chi connectivity index (χ4n) is 2.43. The second-order valence-corrected chi connectivity index (χ2v) is 5.68. The van der Waals surface area contributed by atoms with Crippen LogP contribution in [0.25, 0.3) is 11.0 Å². The Hall–Kier alpha value is -1.33. The van der Waals surface area contributed by atoms with Crippen LogP contribution in [0.15, 0.2) is 12.1 Å². The highest BCUT2D eigenvalue weighted by molar-refractivity contribution is 6.16. The Bertz CT molecular complexity index is 640. The van der Waals surface area contributed by atoms with Crippen molar-refractivity contribution in [2.24, 2.45) is 0 Å². The quantitative estimate of drug-likeness (QED) is 0.762. The second kappa shape index (κ2) is 6.20. The Kier molecular flexibility index (Phi) is 4.74. The van der Waals surface area contributed by atoms with Crippen LogP contribution in [0.4, 0.5) is 4.39 Å². The van der Waals surface area contributed by atoms with E-state index in [2.05, 4.69) is 4.98 Å². The lowest BCUT2D eigenvalue weighted by Gasteiger charge is -2.26. The van der Waals surface area contributed by atoms with Crippen LogP contribution in [0, 0.1) is 5.82 Å². The molecule has 4 nitrogen and oxygen atoms in total. The summed E-state index contributed by atoms with van der Waals surface area (Å²) in [5.41, 5.74) is 0.984. The Morgan fingerprint density at radius 2 is 2.10 bits per heavy atom. The van der Waals surface area contributed by atoms with Gasteiger partial charge in [0.1, 0.15) is 5.82 Å². The maximum Gasteiger partial charge on any atom is 0.167 e. The van der Waals surface area contributed by atoms with Gasteiger partial charge in [0.05, 0.1) is 36.2 Å². The van der Waals surface area contributed by atoms with Crippen molar-refractivity contribution in [3.8, 4) is 5.75 Å². The Morgan fingerprint density at radius 3 is 2.67 bits per heavy atom. The van der Waals surface area contributed by atoms with Crippen molar-refractivity contribution in [3.05, 3.63) is 23.8 Å². The molecule has 0 aliphatic rings. The van der Waals surface area contributed by atoms with Crippen molar-refractivity contribution in [2.45, 2.75) is 38.8 Å². The topological polar surface area (TPSA) is 36.3 Å². The molecule has 0 saturated carbocycles. The Morgan fingerprint density at radius 1 is 1.38 bits per heavy atom. The molecular weight excluding hydrogens is 295 g/mol. The normalized spacial score (nSPS) is 12.1.